The molecule has 1 atom stereocenters. The van der Waals surface area contributed by atoms with Crippen molar-refractivity contribution in [2.45, 2.75) is 25.8 Å². The van der Waals surface area contributed by atoms with Crippen LogP contribution in [0.3, 0.4) is 0 Å². The van der Waals surface area contributed by atoms with Crippen LogP contribution in [0.2, 0.25) is 5.02 Å². The summed E-state index contributed by atoms with van der Waals surface area (Å²) >= 11 is 5.70. The Hall–Kier alpha value is -2.96. The SMILES string of the molecule is CCOC(=O)CC(N)Cc1cccc(-c2ccc(Oc3ncc(Cl)cc3F)cc2)c1. The topological polar surface area (TPSA) is 74.4 Å². The molecule has 3 rings (SSSR count). The molecule has 0 saturated heterocycles. The highest BCUT2D eigenvalue weighted by atomic mass is 35.5. The van der Waals surface area contributed by atoms with Gasteiger partial charge in [0.05, 0.1) is 18.1 Å². The molecule has 7 heteroatoms. The summed E-state index contributed by atoms with van der Waals surface area (Å²) in [6, 6.07) is 16.0. The molecule has 0 radical (unpaired) electrons. The summed E-state index contributed by atoms with van der Waals surface area (Å²) in [6.45, 7) is 2.12. The maximum Gasteiger partial charge on any atom is 0.307 e. The molecule has 0 aliphatic rings. The van der Waals surface area contributed by atoms with Crippen LogP contribution in [0.1, 0.15) is 18.9 Å². The lowest BCUT2D eigenvalue weighted by molar-refractivity contribution is -0.143. The minimum atomic E-state index is -0.626. The van der Waals surface area contributed by atoms with Gasteiger partial charge < -0.3 is 15.2 Å². The van der Waals surface area contributed by atoms with E-state index in [1.807, 2.05) is 36.4 Å². The van der Waals surface area contributed by atoms with Crippen molar-refractivity contribution < 1.29 is 18.7 Å². The Morgan fingerprint density at radius 3 is 2.63 bits per heavy atom. The molecule has 0 bridgehead atoms. The number of nitrogens with zero attached hydrogens (tertiary/aromatic N) is 1. The molecule has 0 saturated carbocycles. The average molecular weight is 429 g/mol. The van der Waals surface area contributed by atoms with Crippen molar-refractivity contribution in [1.29, 1.82) is 0 Å². The highest BCUT2D eigenvalue weighted by Crippen LogP contribution is 2.27. The fraction of sp³-hybridized carbons (Fsp3) is 0.217. The zero-order valence-electron chi connectivity index (χ0n) is 16.5. The van der Waals surface area contributed by atoms with Crippen molar-refractivity contribution in [3.8, 4) is 22.8 Å². The normalized spacial score (nSPS) is 11.7. The lowest BCUT2D eigenvalue weighted by Gasteiger charge is -2.12. The predicted octanol–water partition coefficient (Wildman–Crippen LogP) is 5.16. The number of aromatic nitrogens is 1. The molecule has 5 nitrogen and oxygen atoms in total. The molecule has 2 aromatic carbocycles. The van der Waals surface area contributed by atoms with Crippen molar-refractivity contribution in [3.05, 3.63) is 77.2 Å². The van der Waals surface area contributed by atoms with E-state index >= 15 is 0 Å². The lowest BCUT2D eigenvalue weighted by atomic mass is 9.98. The second-order valence-electron chi connectivity index (χ2n) is 6.74. The van der Waals surface area contributed by atoms with Gasteiger partial charge in [-0.25, -0.2) is 9.37 Å². The molecule has 0 amide bonds. The first-order valence-electron chi connectivity index (χ1n) is 9.54. The number of benzene rings is 2. The summed E-state index contributed by atoms with van der Waals surface area (Å²) in [5, 5.41) is 0.206. The molecule has 3 aromatic rings. The van der Waals surface area contributed by atoms with E-state index in [9.17, 15) is 9.18 Å². The molecule has 0 aliphatic carbocycles. The summed E-state index contributed by atoms with van der Waals surface area (Å²) in [5.41, 5.74) is 9.07. The maximum absolute atomic E-state index is 13.8. The molecular formula is C23H22ClFN2O3. The van der Waals surface area contributed by atoms with Crippen molar-refractivity contribution in [2.24, 2.45) is 5.73 Å². The van der Waals surface area contributed by atoms with Gasteiger partial charge in [0.15, 0.2) is 5.82 Å². The Balaban J connectivity index is 1.67. The van der Waals surface area contributed by atoms with Gasteiger partial charge >= 0.3 is 5.97 Å². The number of hydrogen-bond donors (Lipinski definition) is 1. The number of carbonyl (C=O) groups is 1. The quantitative estimate of drug-likeness (QED) is 0.502. The van der Waals surface area contributed by atoms with E-state index in [0.717, 1.165) is 22.8 Å². The summed E-state index contributed by atoms with van der Waals surface area (Å²) in [4.78, 5) is 15.4. The Morgan fingerprint density at radius 2 is 1.93 bits per heavy atom. The van der Waals surface area contributed by atoms with E-state index in [2.05, 4.69) is 4.98 Å². The van der Waals surface area contributed by atoms with Crippen LogP contribution < -0.4 is 10.5 Å². The standard InChI is InChI=1S/C23H22ClFN2O3/c1-2-29-22(28)13-19(26)11-15-4-3-5-17(10-15)16-6-8-20(9-7-16)30-23-21(25)12-18(24)14-27-23/h3-10,12,14,19H,2,11,13,26H2,1H3. The van der Waals surface area contributed by atoms with Gasteiger partial charge in [-0.3, -0.25) is 4.79 Å². The Kier molecular flexibility index (Phi) is 7.38. The van der Waals surface area contributed by atoms with Crippen molar-refractivity contribution in [1.82, 2.24) is 4.98 Å². The monoisotopic (exact) mass is 428 g/mol. The van der Waals surface area contributed by atoms with Gasteiger partial charge in [-0.05, 0) is 48.2 Å². The van der Waals surface area contributed by atoms with Crippen LogP contribution >= 0.6 is 11.6 Å². The fourth-order valence-electron chi connectivity index (χ4n) is 2.99. The van der Waals surface area contributed by atoms with Crippen molar-refractivity contribution in [3.63, 3.8) is 0 Å². The highest BCUT2D eigenvalue weighted by molar-refractivity contribution is 6.30. The van der Waals surface area contributed by atoms with Gasteiger partial charge in [-0.2, -0.15) is 0 Å². The van der Waals surface area contributed by atoms with Crippen LogP contribution in [0.25, 0.3) is 11.1 Å². The third-order valence-electron chi connectivity index (χ3n) is 4.34. The summed E-state index contributed by atoms with van der Waals surface area (Å²) in [6.07, 6.45) is 2.07. The molecule has 1 heterocycles. The lowest BCUT2D eigenvalue weighted by Crippen LogP contribution is -2.27. The molecule has 0 spiro atoms. The van der Waals surface area contributed by atoms with Crippen LogP contribution in [0, 0.1) is 5.82 Å². The van der Waals surface area contributed by atoms with Crippen LogP contribution in [0.5, 0.6) is 11.6 Å². The van der Waals surface area contributed by atoms with Crippen LogP contribution in [0.15, 0.2) is 60.8 Å². The van der Waals surface area contributed by atoms with Gasteiger partial charge in [0, 0.05) is 12.2 Å². The molecule has 0 aliphatic heterocycles. The van der Waals surface area contributed by atoms with Gasteiger partial charge in [0.2, 0.25) is 0 Å². The molecule has 0 fully saturated rings. The number of esters is 1. The van der Waals surface area contributed by atoms with E-state index in [1.54, 1.807) is 19.1 Å². The van der Waals surface area contributed by atoms with Gasteiger partial charge in [0.25, 0.3) is 5.88 Å². The van der Waals surface area contributed by atoms with Crippen LogP contribution in [-0.4, -0.2) is 23.6 Å². The number of halogens is 2. The van der Waals surface area contributed by atoms with E-state index in [4.69, 9.17) is 26.8 Å². The Morgan fingerprint density at radius 1 is 1.17 bits per heavy atom. The van der Waals surface area contributed by atoms with Crippen molar-refractivity contribution in [2.75, 3.05) is 6.61 Å². The highest BCUT2D eigenvalue weighted by Gasteiger charge is 2.12. The second-order valence-corrected chi connectivity index (χ2v) is 7.18. The van der Waals surface area contributed by atoms with E-state index in [0.29, 0.717) is 18.8 Å². The van der Waals surface area contributed by atoms with Gasteiger partial charge in [-0.1, -0.05) is 48.0 Å². The number of carbonyl (C=O) groups excluding carboxylic acids is 1. The Labute approximate surface area is 179 Å². The molecule has 30 heavy (non-hydrogen) atoms. The first kappa shape index (κ1) is 21.7. The van der Waals surface area contributed by atoms with E-state index in [-0.39, 0.29) is 29.3 Å². The summed E-state index contributed by atoms with van der Waals surface area (Å²) < 4.78 is 24.3. The number of rotatable bonds is 8. The minimum absolute atomic E-state index is 0.135. The van der Waals surface area contributed by atoms with Gasteiger partial charge in [0.1, 0.15) is 5.75 Å². The first-order chi connectivity index (χ1) is 14.4. The second kappa shape index (κ2) is 10.2. The van der Waals surface area contributed by atoms with E-state index in [1.165, 1.54) is 6.20 Å². The van der Waals surface area contributed by atoms with Gasteiger partial charge in [-0.15, -0.1) is 0 Å². The zero-order chi connectivity index (χ0) is 21.5. The first-order valence-corrected chi connectivity index (χ1v) is 9.92. The largest absolute Gasteiger partial charge is 0.466 e. The minimum Gasteiger partial charge on any atom is -0.466 e. The number of ether oxygens (including phenoxy) is 2. The molecule has 1 unspecified atom stereocenters. The molecular weight excluding hydrogens is 407 g/mol. The number of hydrogen-bond acceptors (Lipinski definition) is 5. The van der Waals surface area contributed by atoms with E-state index < -0.39 is 5.82 Å². The number of nitrogens with two attached hydrogens (primary N) is 1. The number of pyridine rings is 1. The Bertz CT molecular complexity index is 1010. The maximum atomic E-state index is 13.8. The molecule has 1 aromatic heterocycles. The average Bonchev–Trinajstić information content (AvgIpc) is 2.71. The smallest absolute Gasteiger partial charge is 0.307 e. The van der Waals surface area contributed by atoms with Crippen LogP contribution in [-0.2, 0) is 16.0 Å². The summed E-state index contributed by atoms with van der Waals surface area (Å²) in [7, 11) is 0. The zero-order valence-corrected chi connectivity index (χ0v) is 17.2. The predicted molar refractivity (Wildman–Crippen MR) is 114 cm³/mol. The van der Waals surface area contributed by atoms with Crippen molar-refractivity contribution >= 4 is 17.6 Å². The fourth-order valence-corrected chi connectivity index (χ4v) is 3.14. The summed E-state index contributed by atoms with van der Waals surface area (Å²) in [5.74, 6) is -0.591. The molecule has 156 valence electrons. The van der Waals surface area contributed by atoms with Crippen LogP contribution in [0.4, 0.5) is 4.39 Å². The third kappa shape index (κ3) is 6.02. The molecule has 2 N–H and O–H groups in total. The third-order valence-corrected chi connectivity index (χ3v) is 4.54.